The molecule has 0 radical (unpaired) electrons. The Morgan fingerprint density at radius 3 is 2.50 bits per heavy atom. The van der Waals surface area contributed by atoms with Crippen LogP contribution in [0.15, 0.2) is 12.7 Å². The normalized spacial score (nSPS) is 13.9. The summed E-state index contributed by atoms with van der Waals surface area (Å²) in [5.74, 6) is -1.77. The molecule has 0 bridgehead atoms. The molecule has 0 spiro atoms. The minimum atomic E-state index is -1.42. The van der Waals surface area contributed by atoms with E-state index < -0.39 is 17.4 Å². The predicted octanol–water partition coefficient (Wildman–Crippen LogP) is 2.39. The Morgan fingerprint density at radius 1 is 1.44 bits per heavy atom. The van der Waals surface area contributed by atoms with Gasteiger partial charge in [-0.05, 0) is 33.1 Å². The molecule has 0 aliphatic heterocycles. The lowest BCUT2D eigenvalue weighted by molar-refractivity contribution is -0.167. The van der Waals surface area contributed by atoms with Gasteiger partial charge in [-0.3, -0.25) is 9.59 Å². The lowest BCUT2D eigenvalue weighted by Gasteiger charge is -2.22. The van der Waals surface area contributed by atoms with Crippen molar-refractivity contribution in [2.24, 2.45) is 5.41 Å². The standard InChI is InChI=1S/C12H20O4/c1-4-6-7-8-9-12(3,10(13)14)11(15)16-5-2/h4H,1,5-9H2,2-3H3,(H,13,14). The number of hydrogen-bond acceptors (Lipinski definition) is 3. The van der Waals surface area contributed by atoms with Crippen molar-refractivity contribution in [3.05, 3.63) is 12.7 Å². The molecule has 0 aliphatic rings. The fourth-order valence-corrected chi connectivity index (χ4v) is 1.35. The Kier molecular flexibility index (Phi) is 6.46. The van der Waals surface area contributed by atoms with Gasteiger partial charge in [0.15, 0.2) is 5.41 Å². The first-order valence-electron chi connectivity index (χ1n) is 5.50. The molecule has 0 aliphatic carbocycles. The van der Waals surface area contributed by atoms with Gasteiger partial charge in [0.05, 0.1) is 6.61 Å². The summed E-state index contributed by atoms with van der Waals surface area (Å²) in [6.07, 6.45) is 4.43. The predicted molar refractivity (Wildman–Crippen MR) is 61.0 cm³/mol. The molecule has 0 saturated carbocycles. The number of unbranched alkanes of at least 4 members (excludes halogenated alkanes) is 2. The number of carboxylic acids is 1. The van der Waals surface area contributed by atoms with E-state index in [1.807, 2.05) is 0 Å². The molecule has 0 amide bonds. The smallest absolute Gasteiger partial charge is 0.323 e. The Balaban J connectivity index is 4.39. The second-order valence-electron chi connectivity index (χ2n) is 3.89. The van der Waals surface area contributed by atoms with E-state index in [9.17, 15) is 9.59 Å². The maximum atomic E-state index is 11.5. The van der Waals surface area contributed by atoms with Gasteiger partial charge in [0.1, 0.15) is 0 Å². The Bertz CT molecular complexity index is 260. The highest BCUT2D eigenvalue weighted by atomic mass is 16.5. The molecule has 0 aromatic heterocycles. The van der Waals surface area contributed by atoms with Gasteiger partial charge >= 0.3 is 11.9 Å². The van der Waals surface area contributed by atoms with Gasteiger partial charge in [-0.25, -0.2) is 0 Å². The molecule has 0 rings (SSSR count). The fraction of sp³-hybridized carbons (Fsp3) is 0.667. The highest BCUT2D eigenvalue weighted by Gasteiger charge is 2.42. The lowest BCUT2D eigenvalue weighted by Crippen LogP contribution is -2.38. The summed E-state index contributed by atoms with van der Waals surface area (Å²) >= 11 is 0. The van der Waals surface area contributed by atoms with Crippen LogP contribution in [0, 0.1) is 5.41 Å². The highest BCUT2D eigenvalue weighted by Crippen LogP contribution is 2.26. The minimum Gasteiger partial charge on any atom is -0.480 e. The van der Waals surface area contributed by atoms with Crippen molar-refractivity contribution in [3.8, 4) is 0 Å². The number of allylic oxidation sites excluding steroid dienone is 1. The van der Waals surface area contributed by atoms with Crippen LogP contribution in [-0.2, 0) is 14.3 Å². The van der Waals surface area contributed by atoms with Crippen LogP contribution < -0.4 is 0 Å². The van der Waals surface area contributed by atoms with Crippen LogP contribution in [0.4, 0.5) is 0 Å². The molecule has 1 atom stereocenters. The first kappa shape index (κ1) is 14.7. The van der Waals surface area contributed by atoms with Gasteiger partial charge in [-0.2, -0.15) is 0 Å². The summed E-state index contributed by atoms with van der Waals surface area (Å²) in [6.45, 7) is 6.87. The number of esters is 1. The van der Waals surface area contributed by atoms with Crippen molar-refractivity contribution in [2.45, 2.75) is 39.5 Å². The third kappa shape index (κ3) is 4.04. The number of rotatable bonds is 8. The van der Waals surface area contributed by atoms with Crippen LogP contribution in [0.1, 0.15) is 39.5 Å². The topological polar surface area (TPSA) is 63.6 Å². The van der Waals surface area contributed by atoms with Crippen molar-refractivity contribution in [2.75, 3.05) is 6.61 Å². The van der Waals surface area contributed by atoms with E-state index in [1.165, 1.54) is 6.92 Å². The monoisotopic (exact) mass is 228 g/mol. The molecule has 0 heterocycles. The van der Waals surface area contributed by atoms with Crippen molar-refractivity contribution in [1.82, 2.24) is 0 Å². The average Bonchev–Trinajstić information content (AvgIpc) is 2.24. The first-order valence-corrected chi connectivity index (χ1v) is 5.50. The molecule has 4 nitrogen and oxygen atoms in total. The van der Waals surface area contributed by atoms with E-state index in [4.69, 9.17) is 9.84 Å². The summed E-state index contributed by atoms with van der Waals surface area (Å²) in [5.41, 5.74) is -1.42. The zero-order chi connectivity index (χ0) is 12.6. The van der Waals surface area contributed by atoms with E-state index in [2.05, 4.69) is 6.58 Å². The maximum Gasteiger partial charge on any atom is 0.323 e. The van der Waals surface area contributed by atoms with E-state index in [0.29, 0.717) is 12.8 Å². The summed E-state index contributed by atoms with van der Waals surface area (Å²) in [4.78, 5) is 22.6. The zero-order valence-electron chi connectivity index (χ0n) is 9.99. The molecule has 0 fully saturated rings. The third-order valence-corrected chi connectivity index (χ3v) is 2.53. The van der Waals surface area contributed by atoms with Crippen molar-refractivity contribution in [3.63, 3.8) is 0 Å². The molecule has 1 N–H and O–H groups in total. The Hall–Kier alpha value is -1.32. The second-order valence-corrected chi connectivity index (χ2v) is 3.89. The number of aliphatic carboxylic acids is 1. The van der Waals surface area contributed by atoms with Gasteiger partial charge < -0.3 is 9.84 Å². The minimum absolute atomic E-state index is 0.203. The zero-order valence-corrected chi connectivity index (χ0v) is 9.99. The summed E-state index contributed by atoms with van der Waals surface area (Å²) in [7, 11) is 0. The van der Waals surface area contributed by atoms with E-state index in [0.717, 1.165) is 12.8 Å². The number of carbonyl (C=O) groups excluding carboxylic acids is 1. The van der Waals surface area contributed by atoms with E-state index >= 15 is 0 Å². The lowest BCUT2D eigenvalue weighted by atomic mass is 9.85. The van der Waals surface area contributed by atoms with Crippen LogP contribution in [0.25, 0.3) is 0 Å². The molecule has 0 saturated heterocycles. The quantitative estimate of drug-likeness (QED) is 0.300. The molecule has 4 heteroatoms. The van der Waals surface area contributed by atoms with Crippen molar-refractivity contribution in [1.29, 1.82) is 0 Å². The third-order valence-electron chi connectivity index (χ3n) is 2.53. The van der Waals surface area contributed by atoms with Gasteiger partial charge in [0, 0.05) is 0 Å². The van der Waals surface area contributed by atoms with Crippen molar-refractivity contribution < 1.29 is 19.4 Å². The van der Waals surface area contributed by atoms with E-state index in [-0.39, 0.29) is 6.61 Å². The number of hydrogen-bond donors (Lipinski definition) is 1. The highest BCUT2D eigenvalue weighted by molar-refractivity contribution is 5.98. The van der Waals surface area contributed by atoms with Gasteiger partial charge in [0.2, 0.25) is 0 Å². The van der Waals surface area contributed by atoms with E-state index in [1.54, 1.807) is 13.0 Å². The Morgan fingerprint density at radius 2 is 2.06 bits per heavy atom. The molecule has 1 unspecified atom stereocenters. The fourth-order valence-electron chi connectivity index (χ4n) is 1.35. The first-order chi connectivity index (χ1) is 7.49. The molecule has 0 aromatic rings. The van der Waals surface area contributed by atoms with Crippen LogP contribution in [0.5, 0.6) is 0 Å². The van der Waals surface area contributed by atoms with Crippen molar-refractivity contribution >= 4 is 11.9 Å². The average molecular weight is 228 g/mol. The maximum absolute atomic E-state index is 11.5. The van der Waals surface area contributed by atoms with Crippen LogP contribution in [0.3, 0.4) is 0 Å². The van der Waals surface area contributed by atoms with Crippen LogP contribution in [-0.4, -0.2) is 23.7 Å². The van der Waals surface area contributed by atoms with Crippen LogP contribution in [0.2, 0.25) is 0 Å². The van der Waals surface area contributed by atoms with Gasteiger partial charge in [-0.1, -0.05) is 12.5 Å². The van der Waals surface area contributed by atoms with Gasteiger partial charge in [-0.15, -0.1) is 6.58 Å². The van der Waals surface area contributed by atoms with Crippen LogP contribution >= 0.6 is 0 Å². The molecular weight excluding hydrogens is 208 g/mol. The number of carboxylic acid groups (broad SMARTS) is 1. The number of ether oxygens (including phenoxy) is 1. The largest absolute Gasteiger partial charge is 0.480 e. The summed E-state index contributed by atoms with van der Waals surface area (Å²) in [6, 6.07) is 0. The molecular formula is C12H20O4. The van der Waals surface area contributed by atoms with Gasteiger partial charge in [0.25, 0.3) is 0 Å². The Labute approximate surface area is 96.3 Å². The summed E-state index contributed by atoms with van der Waals surface area (Å²) in [5, 5.41) is 9.07. The molecule has 92 valence electrons. The number of carbonyl (C=O) groups is 2. The molecule has 16 heavy (non-hydrogen) atoms. The molecule has 0 aromatic carbocycles. The second kappa shape index (κ2) is 7.04. The summed E-state index contributed by atoms with van der Waals surface area (Å²) < 4.78 is 4.79. The SMILES string of the molecule is C=CCCCCC(C)(C(=O)O)C(=O)OCC.